The average molecular weight is 290 g/mol. The van der Waals surface area contributed by atoms with Crippen LogP contribution in [0.2, 0.25) is 5.02 Å². The van der Waals surface area contributed by atoms with E-state index in [0.717, 1.165) is 5.56 Å². The molecular formula is C12H16ClNO3S. The first-order chi connectivity index (χ1) is 8.37. The van der Waals surface area contributed by atoms with Gasteiger partial charge in [0.05, 0.1) is 23.7 Å². The van der Waals surface area contributed by atoms with E-state index in [-0.39, 0.29) is 17.5 Å². The van der Waals surface area contributed by atoms with Crippen molar-refractivity contribution in [1.82, 2.24) is 4.90 Å². The number of benzene rings is 1. The van der Waals surface area contributed by atoms with Gasteiger partial charge < -0.3 is 5.11 Å². The molecule has 0 spiro atoms. The summed E-state index contributed by atoms with van der Waals surface area (Å²) in [5.74, 6) is -0.110. The first-order valence-corrected chi connectivity index (χ1v) is 7.90. The van der Waals surface area contributed by atoms with E-state index in [9.17, 15) is 13.5 Å². The third-order valence-electron chi connectivity index (χ3n) is 3.20. The van der Waals surface area contributed by atoms with Gasteiger partial charge in [0.15, 0.2) is 9.84 Å². The van der Waals surface area contributed by atoms with Crippen molar-refractivity contribution in [3.05, 3.63) is 34.9 Å². The predicted octanol–water partition coefficient (Wildman–Crippen LogP) is 0.930. The average Bonchev–Trinajstić information content (AvgIpc) is 2.55. The third-order valence-corrected chi connectivity index (χ3v) is 5.16. The van der Waals surface area contributed by atoms with Gasteiger partial charge in [-0.2, -0.15) is 0 Å². The molecule has 0 radical (unpaired) electrons. The number of rotatable bonds is 3. The summed E-state index contributed by atoms with van der Waals surface area (Å²) in [6.45, 7) is 0.592. The Balaban J connectivity index is 2.04. The molecule has 1 aromatic rings. The van der Waals surface area contributed by atoms with Crippen LogP contribution in [0.3, 0.4) is 0 Å². The minimum atomic E-state index is -3.10. The van der Waals surface area contributed by atoms with Crippen LogP contribution < -0.4 is 0 Å². The number of halogens is 1. The van der Waals surface area contributed by atoms with Crippen LogP contribution in [-0.4, -0.2) is 49.1 Å². The molecule has 0 bridgehead atoms. The Labute approximate surface area is 112 Å². The van der Waals surface area contributed by atoms with E-state index in [1.54, 1.807) is 12.1 Å². The first-order valence-electron chi connectivity index (χ1n) is 5.70. The lowest BCUT2D eigenvalue weighted by Crippen LogP contribution is -2.40. The molecule has 1 saturated heterocycles. The first kappa shape index (κ1) is 13.8. The molecule has 2 rings (SSSR count). The molecule has 4 nitrogen and oxygen atoms in total. The van der Waals surface area contributed by atoms with Crippen molar-refractivity contribution in [2.75, 3.05) is 18.6 Å². The highest BCUT2D eigenvalue weighted by molar-refractivity contribution is 7.91. The lowest BCUT2D eigenvalue weighted by atomic mass is 10.1. The lowest BCUT2D eigenvalue weighted by Gasteiger charge is -2.25. The molecule has 1 aliphatic rings. The maximum absolute atomic E-state index is 11.4. The summed E-state index contributed by atoms with van der Waals surface area (Å²) >= 11 is 5.80. The molecule has 0 amide bonds. The molecule has 2 atom stereocenters. The fourth-order valence-electron chi connectivity index (χ4n) is 2.23. The third kappa shape index (κ3) is 3.23. The molecule has 1 N–H and O–H groups in total. The van der Waals surface area contributed by atoms with Crippen LogP contribution in [0.4, 0.5) is 0 Å². The Morgan fingerprint density at radius 1 is 1.33 bits per heavy atom. The minimum Gasteiger partial charge on any atom is -0.390 e. The van der Waals surface area contributed by atoms with Gasteiger partial charge in [-0.05, 0) is 24.7 Å². The van der Waals surface area contributed by atoms with Crippen LogP contribution in [0, 0.1) is 0 Å². The van der Waals surface area contributed by atoms with Gasteiger partial charge in [-0.15, -0.1) is 0 Å². The maximum atomic E-state index is 11.4. The van der Waals surface area contributed by atoms with Gasteiger partial charge in [-0.3, -0.25) is 4.90 Å². The van der Waals surface area contributed by atoms with E-state index >= 15 is 0 Å². The Morgan fingerprint density at radius 2 is 1.94 bits per heavy atom. The minimum absolute atomic E-state index is 0.0260. The number of aliphatic hydroxyl groups is 1. The summed E-state index contributed by atoms with van der Waals surface area (Å²) in [6, 6.07) is 7.06. The van der Waals surface area contributed by atoms with Crippen molar-refractivity contribution in [3.8, 4) is 0 Å². The van der Waals surface area contributed by atoms with Crippen LogP contribution in [0.15, 0.2) is 24.3 Å². The number of sulfone groups is 1. The summed E-state index contributed by atoms with van der Waals surface area (Å²) in [5.41, 5.74) is 1.04. The number of aliphatic hydroxyl groups excluding tert-OH is 1. The van der Waals surface area contributed by atoms with Crippen LogP contribution in [-0.2, 0) is 16.4 Å². The molecule has 100 valence electrons. The van der Waals surface area contributed by atoms with Gasteiger partial charge in [-0.25, -0.2) is 8.42 Å². The zero-order chi connectivity index (χ0) is 13.3. The van der Waals surface area contributed by atoms with Crippen molar-refractivity contribution in [1.29, 1.82) is 0 Å². The Bertz CT molecular complexity index is 515. The van der Waals surface area contributed by atoms with Crippen molar-refractivity contribution in [2.24, 2.45) is 0 Å². The molecule has 6 heteroatoms. The van der Waals surface area contributed by atoms with Gasteiger partial charge in [0.2, 0.25) is 0 Å². The lowest BCUT2D eigenvalue weighted by molar-refractivity contribution is 0.0958. The van der Waals surface area contributed by atoms with Crippen LogP contribution >= 0.6 is 11.6 Å². The molecular weight excluding hydrogens is 274 g/mol. The number of likely N-dealkylation sites (N-methyl/N-ethyl adjacent to an activating group) is 1. The molecule has 0 aromatic heterocycles. The summed E-state index contributed by atoms with van der Waals surface area (Å²) < 4.78 is 22.9. The number of hydrogen-bond donors (Lipinski definition) is 1. The van der Waals surface area contributed by atoms with Crippen LogP contribution in [0.25, 0.3) is 0 Å². The van der Waals surface area contributed by atoms with Gasteiger partial charge in [0.25, 0.3) is 0 Å². The zero-order valence-electron chi connectivity index (χ0n) is 10.1. The quantitative estimate of drug-likeness (QED) is 0.899. The number of hydrogen-bond acceptors (Lipinski definition) is 4. The fourth-order valence-corrected chi connectivity index (χ4v) is 4.23. The van der Waals surface area contributed by atoms with Crippen molar-refractivity contribution in [2.45, 2.75) is 18.7 Å². The normalized spacial score (nSPS) is 26.7. The monoisotopic (exact) mass is 289 g/mol. The van der Waals surface area contributed by atoms with Gasteiger partial charge >= 0.3 is 0 Å². The fraction of sp³-hybridized carbons (Fsp3) is 0.500. The highest BCUT2D eigenvalue weighted by Crippen LogP contribution is 2.19. The van der Waals surface area contributed by atoms with Gasteiger partial charge in [-0.1, -0.05) is 23.7 Å². The zero-order valence-corrected chi connectivity index (χ0v) is 11.7. The van der Waals surface area contributed by atoms with Crippen molar-refractivity contribution in [3.63, 3.8) is 0 Å². The second-order valence-electron chi connectivity index (χ2n) is 4.75. The topological polar surface area (TPSA) is 57.6 Å². The molecule has 0 aliphatic carbocycles. The van der Waals surface area contributed by atoms with E-state index in [1.165, 1.54) is 0 Å². The molecule has 0 saturated carbocycles. The van der Waals surface area contributed by atoms with Gasteiger partial charge in [0.1, 0.15) is 0 Å². The Morgan fingerprint density at radius 3 is 2.44 bits per heavy atom. The number of nitrogens with zero attached hydrogens (tertiary/aromatic N) is 1. The smallest absolute Gasteiger partial charge is 0.154 e. The molecule has 18 heavy (non-hydrogen) atoms. The standard InChI is InChI=1S/C12H16ClNO3S/c1-14(6-9-2-4-10(13)5-3-9)11-7-18(16,17)8-12(11)15/h2-5,11-12,15H,6-8H2,1H3/t11?,12-/m1/s1. The Kier molecular flexibility index (Phi) is 3.96. The molecule has 1 fully saturated rings. The maximum Gasteiger partial charge on any atom is 0.154 e. The van der Waals surface area contributed by atoms with Crippen LogP contribution in [0.5, 0.6) is 0 Å². The highest BCUT2D eigenvalue weighted by atomic mass is 35.5. The molecule has 1 aliphatic heterocycles. The van der Waals surface area contributed by atoms with E-state index < -0.39 is 15.9 Å². The van der Waals surface area contributed by atoms with Crippen molar-refractivity contribution < 1.29 is 13.5 Å². The molecule has 1 aromatic carbocycles. The van der Waals surface area contributed by atoms with Crippen molar-refractivity contribution >= 4 is 21.4 Å². The molecule has 1 unspecified atom stereocenters. The summed E-state index contributed by atoms with van der Waals surface area (Å²) in [5, 5.41) is 10.4. The molecule has 1 heterocycles. The van der Waals surface area contributed by atoms with E-state index in [1.807, 2.05) is 24.1 Å². The second kappa shape index (κ2) is 5.17. The summed E-state index contributed by atoms with van der Waals surface area (Å²) in [7, 11) is -1.28. The summed E-state index contributed by atoms with van der Waals surface area (Å²) in [6.07, 6.45) is -0.799. The van der Waals surface area contributed by atoms with E-state index in [2.05, 4.69) is 0 Å². The highest BCUT2D eigenvalue weighted by Gasteiger charge is 2.38. The predicted molar refractivity (Wildman–Crippen MR) is 71.4 cm³/mol. The van der Waals surface area contributed by atoms with Gasteiger partial charge in [0, 0.05) is 11.6 Å². The van der Waals surface area contributed by atoms with E-state index in [4.69, 9.17) is 11.6 Å². The SMILES string of the molecule is CN(Cc1ccc(Cl)cc1)C1CS(=O)(=O)C[C@H]1O. The largest absolute Gasteiger partial charge is 0.390 e. The van der Waals surface area contributed by atoms with E-state index in [0.29, 0.717) is 11.6 Å². The second-order valence-corrected chi connectivity index (χ2v) is 7.34. The van der Waals surface area contributed by atoms with Crippen LogP contribution in [0.1, 0.15) is 5.56 Å². The Hall–Kier alpha value is -0.620. The summed E-state index contributed by atoms with van der Waals surface area (Å²) in [4.78, 5) is 1.87.